The molecule has 1 aromatic carbocycles. The van der Waals surface area contributed by atoms with Crippen LogP contribution in [-0.2, 0) is 23.6 Å². The standard InChI is InChI=1S/C13H15Cl2N3O2S/c1-9-10(7-16-18(9)3)8-17(2)21(19,20)13-6-11(14)4-5-12(13)15/h4-7H,8H2,1-3H3. The zero-order valence-corrected chi connectivity index (χ0v) is 14.2. The van der Waals surface area contributed by atoms with Crippen molar-refractivity contribution in [3.8, 4) is 0 Å². The molecule has 0 aliphatic heterocycles. The lowest BCUT2D eigenvalue weighted by Crippen LogP contribution is -2.27. The first kappa shape index (κ1) is 16.3. The molecule has 8 heteroatoms. The number of nitrogens with zero attached hydrogens (tertiary/aromatic N) is 3. The minimum absolute atomic E-state index is 0.000657. The summed E-state index contributed by atoms with van der Waals surface area (Å²) >= 11 is 11.8. The second kappa shape index (κ2) is 5.96. The Labute approximate surface area is 134 Å². The maximum atomic E-state index is 12.6. The number of hydrogen-bond acceptors (Lipinski definition) is 3. The predicted molar refractivity (Wildman–Crippen MR) is 83.1 cm³/mol. The molecule has 0 spiro atoms. The second-order valence-corrected chi connectivity index (χ2v) is 7.57. The summed E-state index contributed by atoms with van der Waals surface area (Å²) in [5.41, 5.74) is 1.75. The second-order valence-electron chi connectivity index (χ2n) is 4.71. The summed E-state index contributed by atoms with van der Waals surface area (Å²) in [6.45, 7) is 2.10. The lowest BCUT2D eigenvalue weighted by atomic mass is 10.3. The molecule has 2 aromatic rings. The van der Waals surface area contributed by atoms with Gasteiger partial charge in [-0.05, 0) is 25.1 Å². The fourth-order valence-corrected chi connectivity index (χ4v) is 3.75. The van der Waals surface area contributed by atoms with E-state index in [0.29, 0.717) is 5.02 Å². The van der Waals surface area contributed by atoms with Gasteiger partial charge >= 0.3 is 0 Å². The Kier molecular flexibility index (Phi) is 4.63. The van der Waals surface area contributed by atoms with Crippen LogP contribution in [-0.4, -0.2) is 29.6 Å². The Bertz CT molecular complexity index is 772. The molecule has 1 aromatic heterocycles. The molecular formula is C13H15Cl2N3O2S. The van der Waals surface area contributed by atoms with Crippen LogP contribution < -0.4 is 0 Å². The molecule has 2 rings (SSSR count). The van der Waals surface area contributed by atoms with Crippen molar-refractivity contribution in [1.82, 2.24) is 14.1 Å². The zero-order chi connectivity index (χ0) is 15.8. The summed E-state index contributed by atoms with van der Waals surface area (Å²) in [6.07, 6.45) is 1.65. The van der Waals surface area contributed by atoms with Crippen molar-refractivity contribution in [3.63, 3.8) is 0 Å². The highest BCUT2D eigenvalue weighted by Crippen LogP contribution is 2.28. The number of rotatable bonds is 4. The van der Waals surface area contributed by atoms with E-state index in [4.69, 9.17) is 23.2 Å². The molecular weight excluding hydrogens is 333 g/mol. The van der Waals surface area contributed by atoms with E-state index in [1.807, 2.05) is 6.92 Å². The van der Waals surface area contributed by atoms with Crippen LogP contribution in [0.5, 0.6) is 0 Å². The van der Waals surface area contributed by atoms with E-state index in [2.05, 4.69) is 5.10 Å². The summed E-state index contributed by atoms with van der Waals surface area (Å²) < 4.78 is 28.1. The van der Waals surface area contributed by atoms with Gasteiger partial charge in [-0.1, -0.05) is 23.2 Å². The molecule has 1 heterocycles. The third kappa shape index (κ3) is 3.23. The summed E-state index contributed by atoms with van der Waals surface area (Å²) in [4.78, 5) is 0.000657. The van der Waals surface area contributed by atoms with Gasteiger partial charge in [0.05, 0.1) is 11.2 Å². The Morgan fingerprint density at radius 3 is 2.57 bits per heavy atom. The van der Waals surface area contributed by atoms with Gasteiger partial charge in [-0.3, -0.25) is 4.68 Å². The van der Waals surface area contributed by atoms with Gasteiger partial charge in [-0.25, -0.2) is 8.42 Å². The largest absolute Gasteiger partial charge is 0.273 e. The smallest absolute Gasteiger partial charge is 0.244 e. The van der Waals surface area contributed by atoms with E-state index in [9.17, 15) is 8.42 Å². The highest BCUT2D eigenvalue weighted by atomic mass is 35.5. The van der Waals surface area contributed by atoms with Crippen molar-refractivity contribution in [2.24, 2.45) is 7.05 Å². The van der Waals surface area contributed by atoms with Crippen molar-refractivity contribution in [3.05, 3.63) is 45.7 Å². The maximum Gasteiger partial charge on any atom is 0.244 e. The highest BCUT2D eigenvalue weighted by molar-refractivity contribution is 7.89. The minimum atomic E-state index is -3.72. The van der Waals surface area contributed by atoms with Crippen LogP contribution in [0.4, 0.5) is 0 Å². The number of aromatic nitrogens is 2. The first-order valence-electron chi connectivity index (χ1n) is 6.12. The van der Waals surface area contributed by atoms with Gasteiger partial charge < -0.3 is 0 Å². The Morgan fingerprint density at radius 1 is 1.33 bits per heavy atom. The van der Waals surface area contributed by atoms with Crippen LogP contribution in [0.25, 0.3) is 0 Å². The molecule has 114 valence electrons. The summed E-state index contributed by atoms with van der Waals surface area (Å²) in [5, 5.41) is 4.57. The van der Waals surface area contributed by atoms with Gasteiger partial charge in [-0.15, -0.1) is 0 Å². The van der Waals surface area contributed by atoms with E-state index in [1.54, 1.807) is 24.0 Å². The van der Waals surface area contributed by atoms with Crippen molar-refractivity contribution in [2.45, 2.75) is 18.4 Å². The lowest BCUT2D eigenvalue weighted by Gasteiger charge is -2.18. The molecule has 0 unspecified atom stereocenters. The molecule has 0 radical (unpaired) electrons. The topological polar surface area (TPSA) is 55.2 Å². The Hall–Kier alpha value is -1.08. The van der Waals surface area contributed by atoms with Crippen LogP contribution in [0.1, 0.15) is 11.3 Å². The highest BCUT2D eigenvalue weighted by Gasteiger charge is 2.25. The van der Waals surface area contributed by atoms with E-state index in [0.717, 1.165) is 11.3 Å². The summed E-state index contributed by atoms with van der Waals surface area (Å²) in [5.74, 6) is 0. The van der Waals surface area contributed by atoms with E-state index in [1.165, 1.54) is 23.5 Å². The fraction of sp³-hybridized carbons (Fsp3) is 0.308. The normalized spacial score (nSPS) is 12.1. The van der Waals surface area contributed by atoms with Gasteiger partial charge in [0.15, 0.2) is 0 Å². The molecule has 0 N–H and O–H groups in total. The monoisotopic (exact) mass is 347 g/mol. The van der Waals surface area contributed by atoms with Crippen LogP contribution in [0, 0.1) is 6.92 Å². The van der Waals surface area contributed by atoms with Crippen molar-refractivity contribution in [2.75, 3.05) is 7.05 Å². The van der Waals surface area contributed by atoms with Gasteiger partial charge in [-0.2, -0.15) is 9.40 Å². The molecule has 5 nitrogen and oxygen atoms in total. The average Bonchev–Trinajstić information content (AvgIpc) is 2.73. The average molecular weight is 348 g/mol. The molecule has 0 amide bonds. The van der Waals surface area contributed by atoms with Crippen molar-refractivity contribution in [1.29, 1.82) is 0 Å². The van der Waals surface area contributed by atoms with Crippen molar-refractivity contribution < 1.29 is 8.42 Å². The van der Waals surface area contributed by atoms with E-state index < -0.39 is 10.0 Å². The number of benzene rings is 1. The van der Waals surface area contributed by atoms with Gasteiger partial charge in [0.1, 0.15) is 4.90 Å². The Morgan fingerprint density at radius 2 is 2.00 bits per heavy atom. The first-order valence-corrected chi connectivity index (χ1v) is 8.32. The van der Waals surface area contributed by atoms with Gasteiger partial charge in [0, 0.05) is 36.9 Å². The summed E-state index contributed by atoms with van der Waals surface area (Å²) in [7, 11) is -0.412. The minimum Gasteiger partial charge on any atom is -0.273 e. The SMILES string of the molecule is Cc1c(CN(C)S(=O)(=O)c2cc(Cl)ccc2Cl)cnn1C. The molecule has 0 fully saturated rings. The van der Waals surface area contributed by atoms with Crippen LogP contribution in [0.2, 0.25) is 10.0 Å². The van der Waals surface area contributed by atoms with Crippen LogP contribution in [0.15, 0.2) is 29.3 Å². The number of halogens is 2. The molecule has 0 saturated heterocycles. The molecule has 0 atom stereocenters. The Balaban J connectivity index is 2.35. The van der Waals surface area contributed by atoms with E-state index in [-0.39, 0.29) is 16.5 Å². The number of sulfonamides is 1. The summed E-state index contributed by atoms with van der Waals surface area (Å²) in [6, 6.07) is 4.37. The molecule has 0 saturated carbocycles. The number of aryl methyl sites for hydroxylation is 1. The quantitative estimate of drug-likeness (QED) is 0.854. The van der Waals surface area contributed by atoms with Gasteiger partial charge in [0.25, 0.3) is 0 Å². The van der Waals surface area contributed by atoms with Crippen molar-refractivity contribution >= 4 is 33.2 Å². The zero-order valence-electron chi connectivity index (χ0n) is 11.8. The predicted octanol–water partition coefficient (Wildman–Crippen LogP) is 2.86. The molecule has 0 bridgehead atoms. The number of hydrogen-bond donors (Lipinski definition) is 0. The van der Waals surface area contributed by atoms with Crippen LogP contribution >= 0.6 is 23.2 Å². The molecule has 21 heavy (non-hydrogen) atoms. The lowest BCUT2D eigenvalue weighted by molar-refractivity contribution is 0.465. The van der Waals surface area contributed by atoms with E-state index >= 15 is 0 Å². The van der Waals surface area contributed by atoms with Crippen LogP contribution in [0.3, 0.4) is 0 Å². The first-order chi connectivity index (χ1) is 9.73. The third-order valence-corrected chi connectivity index (χ3v) is 5.83. The fourth-order valence-electron chi connectivity index (χ4n) is 1.87. The molecule has 0 aliphatic carbocycles. The van der Waals surface area contributed by atoms with Gasteiger partial charge in [0.2, 0.25) is 10.0 Å². The maximum absolute atomic E-state index is 12.6. The third-order valence-electron chi connectivity index (χ3n) is 3.31. The molecule has 0 aliphatic rings.